The minimum atomic E-state index is -0.298. The van der Waals surface area contributed by atoms with Gasteiger partial charge in [-0.15, -0.1) is 0 Å². The van der Waals surface area contributed by atoms with Gasteiger partial charge in [-0.3, -0.25) is 4.79 Å². The minimum Gasteiger partial charge on any atom is -0.497 e. The molecule has 0 aliphatic carbocycles. The number of hydrogen-bond donors (Lipinski definition) is 0. The van der Waals surface area contributed by atoms with Gasteiger partial charge in [-0.1, -0.05) is 13.0 Å². The normalized spacial score (nSPS) is 13.9. The molecule has 35 heavy (non-hydrogen) atoms. The molecule has 5 rings (SSSR count). The number of carbonyl (C=O) groups is 1. The second-order valence-electron chi connectivity index (χ2n) is 8.50. The van der Waals surface area contributed by atoms with E-state index in [0.717, 1.165) is 22.6 Å². The van der Waals surface area contributed by atoms with E-state index in [9.17, 15) is 9.18 Å². The van der Waals surface area contributed by atoms with Crippen LogP contribution in [-0.2, 0) is 6.42 Å². The van der Waals surface area contributed by atoms with Gasteiger partial charge in [0.15, 0.2) is 5.65 Å². The zero-order chi connectivity index (χ0) is 24.5. The Hall–Kier alpha value is -4.01. The number of methoxy groups -OCH3 is 1. The van der Waals surface area contributed by atoms with Crippen LogP contribution in [0.25, 0.3) is 16.7 Å². The predicted octanol–water partition coefficient (Wildman–Crippen LogP) is 3.80. The number of ether oxygens (including phenoxy) is 1. The molecule has 1 fully saturated rings. The lowest BCUT2D eigenvalue weighted by atomic mass is 10.1. The van der Waals surface area contributed by atoms with Crippen LogP contribution < -0.4 is 9.64 Å². The average molecular weight is 475 g/mol. The van der Waals surface area contributed by atoms with Crippen LogP contribution in [0.15, 0.2) is 48.5 Å². The maximum Gasteiger partial charge on any atom is 0.254 e. The molecule has 0 radical (unpaired) electrons. The number of carbonyl (C=O) groups excluding carboxylic acids is 1. The molecule has 0 atom stereocenters. The molecule has 1 aliphatic heterocycles. The number of benzene rings is 2. The van der Waals surface area contributed by atoms with Crippen molar-refractivity contribution in [2.45, 2.75) is 20.3 Å². The maximum atomic E-state index is 13.5. The van der Waals surface area contributed by atoms with E-state index in [1.165, 1.54) is 12.1 Å². The molecule has 9 heteroatoms. The van der Waals surface area contributed by atoms with Crippen LogP contribution in [0.2, 0.25) is 0 Å². The van der Waals surface area contributed by atoms with E-state index in [4.69, 9.17) is 19.8 Å². The lowest BCUT2D eigenvalue weighted by Crippen LogP contribution is -2.49. The van der Waals surface area contributed by atoms with E-state index in [1.807, 2.05) is 36.9 Å². The Labute approximate surface area is 203 Å². The molecule has 1 aliphatic rings. The number of hydrogen-bond acceptors (Lipinski definition) is 6. The van der Waals surface area contributed by atoms with Gasteiger partial charge < -0.3 is 14.5 Å². The second-order valence-corrected chi connectivity index (χ2v) is 8.50. The molecule has 0 spiro atoms. The van der Waals surface area contributed by atoms with Gasteiger partial charge in [-0.05, 0) is 49.4 Å². The van der Waals surface area contributed by atoms with E-state index in [-0.39, 0.29) is 11.7 Å². The average Bonchev–Trinajstić information content (AvgIpc) is 3.24. The zero-order valence-corrected chi connectivity index (χ0v) is 20.0. The summed E-state index contributed by atoms with van der Waals surface area (Å²) >= 11 is 0. The first-order valence-electron chi connectivity index (χ1n) is 11.7. The van der Waals surface area contributed by atoms with Gasteiger partial charge in [0.05, 0.1) is 23.9 Å². The first-order chi connectivity index (χ1) is 17.0. The molecule has 0 unspecified atom stereocenters. The fraction of sp³-hybridized carbons (Fsp3) is 0.308. The minimum absolute atomic E-state index is 0.00839. The van der Waals surface area contributed by atoms with Crippen molar-refractivity contribution in [1.82, 2.24) is 24.6 Å². The molecule has 4 aromatic rings. The van der Waals surface area contributed by atoms with Crippen molar-refractivity contribution in [2.75, 3.05) is 38.2 Å². The van der Waals surface area contributed by atoms with Crippen LogP contribution in [0.5, 0.6) is 5.75 Å². The standard InChI is InChI=1S/C26H27FN6O2/c1-4-22-28-24(23-17(2)30-33(25(23)29-22)20-10-8-19(27)9-11-20)31-12-14-32(15-13-31)26(34)18-6-5-7-21(16-18)35-3/h5-11,16H,4,12-15H2,1-3H3. The van der Waals surface area contributed by atoms with Crippen molar-refractivity contribution in [3.63, 3.8) is 0 Å². The molecule has 0 bridgehead atoms. The van der Waals surface area contributed by atoms with E-state index < -0.39 is 0 Å². The Morgan fingerprint density at radius 1 is 1.06 bits per heavy atom. The van der Waals surface area contributed by atoms with Crippen LogP contribution in [0, 0.1) is 12.7 Å². The summed E-state index contributed by atoms with van der Waals surface area (Å²) in [6.07, 6.45) is 0.672. The highest BCUT2D eigenvalue weighted by Gasteiger charge is 2.27. The van der Waals surface area contributed by atoms with Crippen molar-refractivity contribution in [1.29, 1.82) is 0 Å². The summed E-state index contributed by atoms with van der Waals surface area (Å²) < 4.78 is 20.5. The quantitative estimate of drug-likeness (QED) is 0.438. The van der Waals surface area contributed by atoms with Crippen LogP contribution >= 0.6 is 0 Å². The highest BCUT2D eigenvalue weighted by Crippen LogP contribution is 2.30. The van der Waals surface area contributed by atoms with Crippen molar-refractivity contribution < 1.29 is 13.9 Å². The number of halogens is 1. The number of amides is 1. The third-order valence-corrected chi connectivity index (χ3v) is 6.30. The molecular weight excluding hydrogens is 447 g/mol. The SMILES string of the molecule is CCc1nc(N2CCN(C(=O)c3cccc(OC)c3)CC2)c2c(C)nn(-c3ccc(F)cc3)c2n1. The Morgan fingerprint density at radius 2 is 1.80 bits per heavy atom. The molecule has 3 heterocycles. The highest BCUT2D eigenvalue weighted by atomic mass is 19.1. The summed E-state index contributed by atoms with van der Waals surface area (Å²) in [5, 5.41) is 5.58. The molecule has 2 aromatic heterocycles. The first kappa shape index (κ1) is 22.8. The Bertz CT molecular complexity index is 1380. The van der Waals surface area contributed by atoms with Crippen LogP contribution in [0.4, 0.5) is 10.2 Å². The number of fused-ring (bicyclic) bond motifs is 1. The largest absolute Gasteiger partial charge is 0.497 e. The Balaban J connectivity index is 1.44. The topological polar surface area (TPSA) is 76.4 Å². The number of aromatic nitrogens is 4. The first-order valence-corrected chi connectivity index (χ1v) is 11.7. The number of piperazine rings is 1. The smallest absolute Gasteiger partial charge is 0.254 e. The number of nitrogens with zero attached hydrogens (tertiary/aromatic N) is 6. The molecule has 0 saturated carbocycles. The number of rotatable bonds is 5. The van der Waals surface area contributed by atoms with Gasteiger partial charge in [-0.2, -0.15) is 5.10 Å². The molecule has 8 nitrogen and oxygen atoms in total. The molecule has 1 amide bonds. The summed E-state index contributed by atoms with van der Waals surface area (Å²) in [5.74, 6) is 1.90. The number of anilines is 1. The van der Waals surface area contributed by atoms with E-state index in [0.29, 0.717) is 55.4 Å². The molecule has 1 saturated heterocycles. The van der Waals surface area contributed by atoms with Crippen LogP contribution in [0.1, 0.15) is 28.8 Å². The lowest BCUT2D eigenvalue weighted by molar-refractivity contribution is 0.0746. The zero-order valence-electron chi connectivity index (χ0n) is 20.0. The Morgan fingerprint density at radius 3 is 2.49 bits per heavy atom. The molecule has 2 aromatic carbocycles. The summed E-state index contributed by atoms with van der Waals surface area (Å²) in [6.45, 7) is 6.39. The van der Waals surface area contributed by atoms with Gasteiger partial charge in [0, 0.05) is 38.2 Å². The summed E-state index contributed by atoms with van der Waals surface area (Å²) in [4.78, 5) is 26.7. The van der Waals surface area contributed by atoms with Crippen molar-refractivity contribution in [3.05, 3.63) is 71.4 Å². The highest BCUT2D eigenvalue weighted by molar-refractivity contribution is 5.95. The van der Waals surface area contributed by atoms with Crippen LogP contribution in [0.3, 0.4) is 0 Å². The fourth-order valence-corrected chi connectivity index (χ4v) is 4.41. The van der Waals surface area contributed by atoms with Gasteiger partial charge in [0.25, 0.3) is 5.91 Å². The van der Waals surface area contributed by atoms with Gasteiger partial charge in [0.2, 0.25) is 0 Å². The second kappa shape index (κ2) is 9.32. The van der Waals surface area contributed by atoms with Crippen molar-refractivity contribution in [3.8, 4) is 11.4 Å². The summed E-state index contributed by atoms with van der Waals surface area (Å²) in [7, 11) is 1.59. The molecule has 180 valence electrons. The number of aryl methyl sites for hydroxylation is 2. The van der Waals surface area contributed by atoms with E-state index in [2.05, 4.69) is 4.90 Å². The van der Waals surface area contributed by atoms with Crippen molar-refractivity contribution in [2.24, 2.45) is 0 Å². The summed E-state index contributed by atoms with van der Waals surface area (Å²) in [5.41, 5.74) is 2.86. The monoisotopic (exact) mass is 474 g/mol. The third-order valence-electron chi connectivity index (χ3n) is 6.30. The van der Waals surface area contributed by atoms with E-state index >= 15 is 0 Å². The van der Waals surface area contributed by atoms with Crippen molar-refractivity contribution >= 4 is 22.8 Å². The van der Waals surface area contributed by atoms with E-state index in [1.54, 1.807) is 30.0 Å². The fourth-order valence-electron chi connectivity index (χ4n) is 4.41. The van der Waals surface area contributed by atoms with Crippen LogP contribution in [-0.4, -0.2) is 63.8 Å². The third kappa shape index (κ3) is 4.29. The maximum absolute atomic E-state index is 13.5. The van der Waals surface area contributed by atoms with Gasteiger partial charge >= 0.3 is 0 Å². The summed E-state index contributed by atoms with van der Waals surface area (Å²) in [6, 6.07) is 13.5. The molecular formula is C26H27FN6O2. The predicted molar refractivity (Wildman–Crippen MR) is 132 cm³/mol. The molecule has 0 N–H and O–H groups in total. The lowest BCUT2D eigenvalue weighted by Gasteiger charge is -2.35. The van der Waals surface area contributed by atoms with Gasteiger partial charge in [0.1, 0.15) is 23.2 Å². The van der Waals surface area contributed by atoms with Gasteiger partial charge in [-0.25, -0.2) is 19.0 Å². The Kier molecular flexibility index (Phi) is 6.07.